The fraction of sp³-hybridized carbons (Fsp3) is 0.750. The minimum absolute atomic E-state index is 0.199. The summed E-state index contributed by atoms with van der Waals surface area (Å²) in [7, 11) is 0. The Kier molecular flexibility index (Phi) is 5.43. The topological polar surface area (TPSA) is 29.3 Å². The minimum Gasteiger partial charge on any atom is -0.326 e. The number of hydrogen-bond acceptors (Lipinski definition) is 3. The average molecular weight is 280 g/mol. The van der Waals surface area contributed by atoms with E-state index in [4.69, 9.17) is 5.73 Å². The molecule has 0 aliphatic carbocycles. The maximum atomic E-state index is 6.36. The molecule has 0 bridgehead atoms. The zero-order chi connectivity index (χ0) is 13.8. The summed E-state index contributed by atoms with van der Waals surface area (Å²) in [5.41, 5.74) is 7.77. The summed E-state index contributed by atoms with van der Waals surface area (Å²) < 4.78 is 0. The van der Waals surface area contributed by atoms with E-state index in [-0.39, 0.29) is 6.04 Å². The van der Waals surface area contributed by atoms with Gasteiger partial charge in [-0.3, -0.25) is 4.90 Å². The quantitative estimate of drug-likeness (QED) is 0.899. The summed E-state index contributed by atoms with van der Waals surface area (Å²) in [5, 5.41) is 2.21. The van der Waals surface area contributed by atoms with Crippen LogP contribution >= 0.6 is 11.3 Å². The maximum absolute atomic E-state index is 6.36. The van der Waals surface area contributed by atoms with Crippen molar-refractivity contribution in [1.29, 1.82) is 0 Å². The number of nitrogens with two attached hydrogens (primary N) is 1. The van der Waals surface area contributed by atoms with Gasteiger partial charge in [0.05, 0.1) is 6.04 Å². The van der Waals surface area contributed by atoms with Crippen LogP contribution in [0, 0.1) is 6.92 Å². The summed E-state index contributed by atoms with van der Waals surface area (Å²) >= 11 is 1.88. The summed E-state index contributed by atoms with van der Waals surface area (Å²) in [6.07, 6.45) is 6.66. The van der Waals surface area contributed by atoms with Crippen LogP contribution in [0.15, 0.2) is 11.4 Å². The van der Waals surface area contributed by atoms with Gasteiger partial charge in [-0.2, -0.15) is 0 Å². The Hall–Kier alpha value is -0.380. The number of hydrogen-bond donors (Lipinski definition) is 1. The normalized spacial score (nSPS) is 24.9. The van der Waals surface area contributed by atoms with Gasteiger partial charge in [-0.1, -0.05) is 19.8 Å². The molecule has 1 aliphatic rings. The van der Waals surface area contributed by atoms with E-state index >= 15 is 0 Å². The smallest absolute Gasteiger partial charge is 0.0595 e. The molecule has 0 spiro atoms. The standard InChI is InChI=1S/C16H28N2S/c1-4-14-8-6-5-7-10-18(14)15(13(3)17)16-12(2)9-11-19-16/h9,11,13-15H,4-8,10,17H2,1-3H3. The van der Waals surface area contributed by atoms with Gasteiger partial charge in [0.1, 0.15) is 0 Å². The zero-order valence-electron chi connectivity index (χ0n) is 12.6. The van der Waals surface area contributed by atoms with Crippen molar-refractivity contribution >= 4 is 11.3 Å². The van der Waals surface area contributed by atoms with Crippen LogP contribution in [0.3, 0.4) is 0 Å². The predicted octanol–water partition coefficient (Wildman–Crippen LogP) is 4.10. The van der Waals surface area contributed by atoms with E-state index in [1.54, 1.807) is 0 Å². The number of nitrogens with zero attached hydrogens (tertiary/aromatic N) is 1. The first-order chi connectivity index (χ1) is 9.15. The molecular weight excluding hydrogens is 252 g/mol. The van der Waals surface area contributed by atoms with Crippen LogP contribution in [0.5, 0.6) is 0 Å². The molecule has 1 aliphatic heterocycles. The first-order valence-electron chi connectivity index (χ1n) is 7.70. The maximum Gasteiger partial charge on any atom is 0.0595 e. The highest BCUT2D eigenvalue weighted by Crippen LogP contribution is 2.35. The molecule has 3 atom stereocenters. The molecule has 1 saturated heterocycles. The fourth-order valence-corrected chi connectivity index (χ4v) is 4.55. The molecule has 1 fully saturated rings. The van der Waals surface area contributed by atoms with E-state index in [1.807, 2.05) is 11.3 Å². The van der Waals surface area contributed by atoms with Crippen molar-refractivity contribution in [2.45, 2.75) is 71.0 Å². The van der Waals surface area contributed by atoms with Crippen molar-refractivity contribution in [2.24, 2.45) is 5.73 Å². The Morgan fingerprint density at radius 2 is 2.21 bits per heavy atom. The van der Waals surface area contributed by atoms with Gasteiger partial charge in [-0.25, -0.2) is 0 Å². The molecule has 2 heterocycles. The highest BCUT2D eigenvalue weighted by Gasteiger charge is 2.31. The lowest BCUT2D eigenvalue weighted by Gasteiger charge is -2.38. The summed E-state index contributed by atoms with van der Waals surface area (Å²) in [4.78, 5) is 4.19. The second-order valence-electron chi connectivity index (χ2n) is 5.92. The van der Waals surface area contributed by atoms with Crippen molar-refractivity contribution in [2.75, 3.05) is 6.54 Å². The lowest BCUT2D eigenvalue weighted by Crippen LogP contribution is -2.44. The van der Waals surface area contributed by atoms with E-state index in [9.17, 15) is 0 Å². The third kappa shape index (κ3) is 3.39. The monoisotopic (exact) mass is 280 g/mol. The fourth-order valence-electron chi connectivity index (χ4n) is 3.38. The van der Waals surface area contributed by atoms with Gasteiger partial charge >= 0.3 is 0 Å². The zero-order valence-corrected chi connectivity index (χ0v) is 13.4. The van der Waals surface area contributed by atoms with Gasteiger partial charge in [0.2, 0.25) is 0 Å². The first kappa shape index (κ1) is 15.0. The second-order valence-corrected chi connectivity index (χ2v) is 6.87. The van der Waals surface area contributed by atoms with Gasteiger partial charge < -0.3 is 5.73 Å². The Balaban J connectivity index is 2.29. The predicted molar refractivity (Wildman–Crippen MR) is 84.7 cm³/mol. The first-order valence-corrected chi connectivity index (χ1v) is 8.58. The van der Waals surface area contributed by atoms with Crippen molar-refractivity contribution < 1.29 is 0 Å². The van der Waals surface area contributed by atoms with Crippen LogP contribution in [0.4, 0.5) is 0 Å². The number of likely N-dealkylation sites (tertiary alicyclic amines) is 1. The molecule has 2 N–H and O–H groups in total. The van der Waals surface area contributed by atoms with Crippen LogP contribution in [-0.2, 0) is 0 Å². The average Bonchev–Trinajstić information content (AvgIpc) is 2.65. The summed E-state index contributed by atoms with van der Waals surface area (Å²) in [5.74, 6) is 0. The van der Waals surface area contributed by atoms with Crippen LogP contribution in [-0.4, -0.2) is 23.5 Å². The highest BCUT2D eigenvalue weighted by atomic mass is 32.1. The molecule has 3 heteroatoms. The SMILES string of the molecule is CCC1CCCCCN1C(c1sccc1C)C(C)N. The molecule has 0 saturated carbocycles. The number of rotatable bonds is 4. The molecule has 1 aromatic rings. The van der Waals surface area contributed by atoms with Gasteiger partial charge in [0.15, 0.2) is 0 Å². The molecule has 0 aromatic carbocycles. The van der Waals surface area contributed by atoms with E-state index in [2.05, 4.69) is 37.1 Å². The van der Waals surface area contributed by atoms with E-state index < -0.39 is 0 Å². The molecule has 2 rings (SSSR count). The van der Waals surface area contributed by atoms with E-state index in [0.29, 0.717) is 12.1 Å². The lowest BCUT2D eigenvalue weighted by atomic mass is 9.99. The van der Waals surface area contributed by atoms with E-state index in [1.165, 1.54) is 49.1 Å². The molecule has 0 amide bonds. The van der Waals surface area contributed by atoms with Gasteiger partial charge in [0.25, 0.3) is 0 Å². The third-order valence-electron chi connectivity index (χ3n) is 4.42. The van der Waals surface area contributed by atoms with Gasteiger partial charge in [-0.05, 0) is 56.7 Å². The second kappa shape index (κ2) is 6.87. The molecule has 19 heavy (non-hydrogen) atoms. The van der Waals surface area contributed by atoms with E-state index in [0.717, 1.165) is 0 Å². The Morgan fingerprint density at radius 1 is 1.42 bits per heavy atom. The third-order valence-corrected chi connectivity index (χ3v) is 5.51. The summed E-state index contributed by atoms with van der Waals surface area (Å²) in [6.45, 7) is 7.92. The molecule has 3 unspecified atom stereocenters. The van der Waals surface area contributed by atoms with Crippen LogP contribution in [0.1, 0.15) is 62.4 Å². The Morgan fingerprint density at radius 3 is 2.79 bits per heavy atom. The Bertz CT molecular complexity index is 386. The van der Waals surface area contributed by atoms with Crippen molar-refractivity contribution in [1.82, 2.24) is 4.90 Å². The van der Waals surface area contributed by atoms with Crippen LogP contribution < -0.4 is 5.73 Å². The molecule has 2 nitrogen and oxygen atoms in total. The number of thiophene rings is 1. The van der Waals surface area contributed by atoms with Crippen molar-refractivity contribution in [3.63, 3.8) is 0 Å². The minimum atomic E-state index is 0.199. The molecule has 108 valence electrons. The lowest BCUT2D eigenvalue weighted by molar-refractivity contribution is 0.119. The van der Waals surface area contributed by atoms with Crippen LogP contribution in [0.2, 0.25) is 0 Å². The highest BCUT2D eigenvalue weighted by molar-refractivity contribution is 7.10. The van der Waals surface area contributed by atoms with Crippen molar-refractivity contribution in [3.05, 3.63) is 21.9 Å². The Labute approximate surface area is 122 Å². The van der Waals surface area contributed by atoms with Crippen LogP contribution in [0.25, 0.3) is 0 Å². The molecule has 1 aromatic heterocycles. The number of aryl methyl sites for hydroxylation is 1. The van der Waals surface area contributed by atoms with Gasteiger partial charge in [0, 0.05) is 17.0 Å². The molecular formula is C16H28N2S. The molecule has 0 radical (unpaired) electrons. The largest absolute Gasteiger partial charge is 0.326 e. The van der Waals surface area contributed by atoms with Crippen molar-refractivity contribution in [3.8, 4) is 0 Å². The van der Waals surface area contributed by atoms with Gasteiger partial charge in [-0.15, -0.1) is 11.3 Å². The summed E-state index contributed by atoms with van der Waals surface area (Å²) in [6, 6.07) is 3.54.